The Bertz CT molecular complexity index is 318. The fourth-order valence-corrected chi connectivity index (χ4v) is 1.76. The first kappa shape index (κ1) is 13.2. The highest BCUT2D eigenvalue weighted by atomic mass is 16.3. The van der Waals surface area contributed by atoms with Crippen LogP contribution in [0.1, 0.15) is 31.9 Å². The number of rotatable bonds is 5. The maximum Gasteiger partial charge on any atom is 0.0832 e. The van der Waals surface area contributed by atoms with Gasteiger partial charge in [0.1, 0.15) is 0 Å². The zero-order chi connectivity index (χ0) is 12.2. The topological polar surface area (TPSA) is 46.2 Å². The van der Waals surface area contributed by atoms with Crippen molar-refractivity contribution in [2.45, 2.75) is 39.2 Å². The van der Waals surface area contributed by atoms with Gasteiger partial charge in [-0.25, -0.2) is 0 Å². The molecule has 0 aliphatic carbocycles. The van der Waals surface area contributed by atoms with E-state index in [-0.39, 0.29) is 5.92 Å². The molecule has 16 heavy (non-hydrogen) atoms. The lowest BCUT2D eigenvalue weighted by Gasteiger charge is -2.31. The second-order valence-electron chi connectivity index (χ2n) is 4.81. The van der Waals surface area contributed by atoms with E-state index >= 15 is 0 Å². The molecule has 0 aliphatic rings. The van der Waals surface area contributed by atoms with Crippen molar-refractivity contribution in [1.29, 1.82) is 0 Å². The van der Waals surface area contributed by atoms with Crippen LogP contribution < -0.4 is 5.73 Å². The van der Waals surface area contributed by atoms with Crippen LogP contribution in [0.4, 0.5) is 0 Å². The van der Waals surface area contributed by atoms with Gasteiger partial charge in [-0.3, -0.25) is 0 Å². The summed E-state index contributed by atoms with van der Waals surface area (Å²) in [5, 5.41) is 10.4. The molecule has 1 atom stereocenters. The largest absolute Gasteiger partial charge is 0.388 e. The molecule has 2 nitrogen and oxygen atoms in total. The number of nitrogens with two attached hydrogens (primary N) is 1. The summed E-state index contributed by atoms with van der Waals surface area (Å²) in [5.41, 5.74) is 7.35. The summed E-state index contributed by atoms with van der Waals surface area (Å²) >= 11 is 0. The van der Waals surface area contributed by atoms with Gasteiger partial charge in [0.25, 0.3) is 0 Å². The molecule has 1 aromatic rings. The van der Waals surface area contributed by atoms with Crippen LogP contribution in [0.2, 0.25) is 0 Å². The minimum absolute atomic E-state index is 0.170. The Morgan fingerprint density at radius 3 is 2.06 bits per heavy atom. The van der Waals surface area contributed by atoms with Gasteiger partial charge < -0.3 is 10.8 Å². The van der Waals surface area contributed by atoms with Crippen molar-refractivity contribution in [3.63, 3.8) is 0 Å². The Kier molecular flexibility index (Phi) is 4.51. The number of aliphatic hydroxyl groups is 1. The Hall–Kier alpha value is -0.860. The van der Waals surface area contributed by atoms with Gasteiger partial charge >= 0.3 is 0 Å². The molecule has 0 spiro atoms. The maximum atomic E-state index is 10.4. The molecule has 0 bridgehead atoms. The lowest BCUT2D eigenvalue weighted by atomic mass is 9.84. The summed E-state index contributed by atoms with van der Waals surface area (Å²) in [4.78, 5) is 0. The fraction of sp³-hybridized carbons (Fsp3) is 0.571. The maximum absolute atomic E-state index is 10.4. The van der Waals surface area contributed by atoms with Gasteiger partial charge in [-0.2, -0.15) is 0 Å². The predicted octanol–water partition coefficient (Wildman–Crippen LogP) is 2.14. The molecule has 0 saturated carbocycles. The molecular weight excluding hydrogens is 198 g/mol. The van der Waals surface area contributed by atoms with Gasteiger partial charge in [0.05, 0.1) is 5.60 Å². The molecule has 1 unspecified atom stereocenters. The fourth-order valence-electron chi connectivity index (χ4n) is 1.76. The standard InChI is InChI=1S/C14H23NO/c1-4-12-5-7-13(8-6-12)9-14(16,10-15)11(2)3/h5-8,11,16H,4,9-10,15H2,1-3H3. The van der Waals surface area contributed by atoms with E-state index in [9.17, 15) is 5.11 Å². The number of aryl methyl sites for hydroxylation is 1. The first-order valence-corrected chi connectivity index (χ1v) is 6.02. The average molecular weight is 221 g/mol. The molecule has 0 aliphatic heterocycles. The minimum Gasteiger partial charge on any atom is -0.388 e. The SMILES string of the molecule is CCc1ccc(CC(O)(CN)C(C)C)cc1. The van der Waals surface area contributed by atoms with E-state index in [4.69, 9.17) is 5.73 Å². The molecule has 3 N–H and O–H groups in total. The third-order valence-electron chi connectivity index (χ3n) is 3.37. The van der Waals surface area contributed by atoms with Crippen molar-refractivity contribution in [2.75, 3.05) is 6.54 Å². The summed E-state index contributed by atoms with van der Waals surface area (Å²) in [6.07, 6.45) is 1.68. The van der Waals surface area contributed by atoms with E-state index in [1.807, 2.05) is 13.8 Å². The average Bonchev–Trinajstić information content (AvgIpc) is 2.29. The lowest BCUT2D eigenvalue weighted by molar-refractivity contribution is 0.00407. The third-order valence-corrected chi connectivity index (χ3v) is 3.37. The molecule has 0 radical (unpaired) electrons. The van der Waals surface area contributed by atoms with Gasteiger partial charge in [0.15, 0.2) is 0 Å². The molecule has 0 amide bonds. The molecule has 0 aromatic heterocycles. The Balaban J connectivity index is 2.78. The van der Waals surface area contributed by atoms with Crippen molar-refractivity contribution in [3.8, 4) is 0 Å². The van der Waals surface area contributed by atoms with Crippen molar-refractivity contribution in [3.05, 3.63) is 35.4 Å². The Morgan fingerprint density at radius 2 is 1.69 bits per heavy atom. The second-order valence-corrected chi connectivity index (χ2v) is 4.81. The molecule has 2 heteroatoms. The quantitative estimate of drug-likeness (QED) is 0.800. The van der Waals surface area contributed by atoms with E-state index < -0.39 is 5.60 Å². The monoisotopic (exact) mass is 221 g/mol. The van der Waals surface area contributed by atoms with E-state index in [0.29, 0.717) is 13.0 Å². The molecule has 1 rings (SSSR count). The summed E-state index contributed by atoms with van der Waals surface area (Å²) in [6.45, 7) is 6.46. The Morgan fingerprint density at radius 1 is 1.19 bits per heavy atom. The first-order valence-electron chi connectivity index (χ1n) is 6.02. The highest BCUT2D eigenvalue weighted by Crippen LogP contribution is 2.21. The smallest absolute Gasteiger partial charge is 0.0832 e. The molecular formula is C14H23NO. The van der Waals surface area contributed by atoms with E-state index in [2.05, 4.69) is 31.2 Å². The van der Waals surface area contributed by atoms with E-state index in [1.165, 1.54) is 5.56 Å². The molecule has 1 aromatic carbocycles. The minimum atomic E-state index is -0.784. The van der Waals surface area contributed by atoms with Gasteiger partial charge in [0, 0.05) is 13.0 Å². The first-order chi connectivity index (χ1) is 7.51. The van der Waals surface area contributed by atoms with E-state index in [0.717, 1.165) is 12.0 Å². The highest BCUT2D eigenvalue weighted by molar-refractivity contribution is 5.24. The van der Waals surface area contributed by atoms with Gasteiger partial charge in [-0.05, 0) is 23.5 Å². The number of hydrogen-bond donors (Lipinski definition) is 2. The predicted molar refractivity (Wildman–Crippen MR) is 68.4 cm³/mol. The normalized spacial score (nSPS) is 15.1. The zero-order valence-corrected chi connectivity index (χ0v) is 10.5. The number of hydrogen-bond acceptors (Lipinski definition) is 2. The van der Waals surface area contributed by atoms with Crippen LogP contribution in [0, 0.1) is 5.92 Å². The lowest BCUT2D eigenvalue weighted by Crippen LogP contribution is -2.44. The van der Waals surface area contributed by atoms with Crippen LogP contribution in [-0.4, -0.2) is 17.3 Å². The zero-order valence-electron chi connectivity index (χ0n) is 10.5. The molecule has 0 saturated heterocycles. The van der Waals surface area contributed by atoms with Crippen LogP contribution >= 0.6 is 0 Å². The number of benzene rings is 1. The van der Waals surface area contributed by atoms with Crippen molar-refractivity contribution in [2.24, 2.45) is 11.7 Å². The van der Waals surface area contributed by atoms with Crippen LogP contribution in [0.25, 0.3) is 0 Å². The van der Waals surface area contributed by atoms with Crippen molar-refractivity contribution < 1.29 is 5.11 Å². The summed E-state index contributed by atoms with van der Waals surface area (Å²) in [5.74, 6) is 0.170. The highest BCUT2D eigenvalue weighted by Gasteiger charge is 2.29. The summed E-state index contributed by atoms with van der Waals surface area (Å²) in [7, 11) is 0. The molecule has 90 valence electrons. The van der Waals surface area contributed by atoms with Crippen LogP contribution in [0.5, 0.6) is 0 Å². The molecule has 0 fully saturated rings. The van der Waals surface area contributed by atoms with Crippen LogP contribution in [0.15, 0.2) is 24.3 Å². The van der Waals surface area contributed by atoms with Gasteiger partial charge in [-0.1, -0.05) is 45.0 Å². The Labute approximate surface area is 98.5 Å². The van der Waals surface area contributed by atoms with Gasteiger partial charge in [0.2, 0.25) is 0 Å². The summed E-state index contributed by atoms with van der Waals surface area (Å²) in [6, 6.07) is 8.41. The van der Waals surface area contributed by atoms with Crippen LogP contribution in [-0.2, 0) is 12.8 Å². The third kappa shape index (κ3) is 3.06. The summed E-state index contributed by atoms with van der Waals surface area (Å²) < 4.78 is 0. The second kappa shape index (κ2) is 5.46. The van der Waals surface area contributed by atoms with Crippen molar-refractivity contribution in [1.82, 2.24) is 0 Å². The van der Waals surface area contributed by atoms with Gasteiger partial charge in [-0.15, -0.1) is 0 Å². The van der Waals surface area contributed by atoms with E-state index in [1.54, 1.807) is 0 Å². The molecule has 0 heterocycles. The van der Waals surface area contributed by atoms with Crippen molar-refractivity contribution >= 4 is 0 Å². The van der Waals surface area contributed by atoms with Crippen LogP contribution in [0.3, 0.4) is 0 Å².